The second-order valence-corrected chi connectivity index (χ2v) is 4.64. The molecule has 0 saturated heterocycles. The molecule has 0 aliphatic rings. The van der Waals surface area contributed by atoms with Crippen LogP contribution >= 0.6 is 0 Å². The van der Waals surface area contributed by atoms with E-state index in [1.54, 1.807) is 31.3 Å². The number of carboxylic acids is 1. The molecule has 0 saturated carbocycles. The summed E-state index contributed by atoms with van der Waals surface area (Å²) in [5, 5.41) is 8.86. The molecule has 1 atom stereocenters. The molecule has 0 aliphatic carbocycles. The number of aromatic carboxylic acids is 1. The number of hydrogen-bond acceptors (Lipinski definition) is 3. The van der Waals surface area contributed by atoms with Crippen LogP contribution in [0.5, 0.6) is 0 Å². The third-order valence-electron chi connectivity index (χ3n) is 3.26. The molecule has 5 heteroatoms. The lowest BCUT2D eigenvalue weighted by Crippen LogP contribution is -2.35. The van der Waals surface area contributed by atoms with Gasteiger partial charge in [-0.1, -0.05) is 30.3 Å². The second-order valence-electron chi connectivity index (χ2n) is 4.64. The summed E-state index contributed by atoms with van der Waals surface area (Å²) in [5.41, 5.74) is 7.47. The van der Waals surface area contributed by atoms with E-state index in [0.29, 0.717) is 5.69 Å². The van der Waals surface area contributed by atoms with Crippen LogP contribution in [0.4, 0.5) is 5.69 Å². The van der Waals surface area contributed by atoms with Crippen LogP contribution in [0.15, 0.2) is 54.6 Å². The third-order valence-corrected chi connectivity index (χ3v) is 3.26. The van der Waals surface area contributed by atoms with E-state index in [-0.39, 0.29) is 11.5 Å². The number of benzene rings is 2. The highest BCUT2D eigenvalue weighted by Crippen LogP contribution is 2.19. The Balaban J connectivity index is 2.17. The summed E-state index contributed by atoms with van der Waals surface area (Å²) in [6.07, 6.45) is 0. The summed E-state index contributed by atoms with van der Waals surface area (Å²) in [6, 6.07) is 14.4. The number of anilines is 1. The number of rotatable bonds is 4. The van der Waals surface area contributed by atoms with E-state index in [1.165, 1.54) is 17.0 Å². The van der Waals surface area contributed by atoms with Crippen molar-refractivity contribution in [3.63, 3.8) is 0 Å². The average molecular weight is 284 g/mol. The average Bonchev–Trinajstić information content (AvgIpc) is 2.53. The zero-order valence-corrected chi connectivity index (χ0v) is 11.6. The minimum absolute atomic E-state index is 0.173. The summed E-state index contributed by atoms with van der Waals surface area (Å²) in [5.74, 6) is -1.26. The molecule has 2 aromatic carbocycles. The largest absolute Gasteiger partial charge is 0.478 e. The van der Waals surface area contributed by atoms with Gasteiger partial charge in [0.25, 0.3) is 0 Å². The van der Waals surface area contributed by atoms with Crippen molar-refractivity contribution in [3.05, 3.63) is 65.7 Å². The van der Waals surface area contributed by atoms with Crippen molar-refractivity contribution >= 4 is 17.6 Å². The predicted octanol–water partition coefficient (Wildman–Crippen LogP) is 2.05. The number of likely N-dealkylation sites (N-methyl/N-ethyl adjacent to an activating group) is 1. The fourth-order valence-corrected chi connectivity index (χ4v) is 1.97. The van der Waals surface area contributed by atoms with E-state index >= 15 is 0 Å². The number of nitrogens with zero attached hydrogens (tertiary/aromatic N) is 1. The number of carboxylic acid groups (broad SMARTS) is 1. The molecular weight excluding hydrogens is 268 g/mol. The molecule has 0 radical (unpaired) electrons. The van der Waals surface area contributed by atoms with Gasteiger partial charge in [0.05, 0.1) is 5.56 Å². The summed E-state index contributed by atoms with van der Waals surface area (Å²) in [4.78, 5) is 24.6. The van der Waals surface area contributed by atoms with Gasteiger partial charge < -0.3 is 15.7 Å². The van der Waals surface area contributed by atoms with Gasteiger partial charge >= 0.3 is 5.97 Å². The highest BCUT2D eigenvalue weighted by molar-refractivity contribution is 5.97. The van der Waals surface area contributed by atoms with Crippen LogP contribution in [0.25, 0.3) is 0 Å². The van der Waals surface area contributed by atoms with Crippen molar-refractivity contribution in [2.24, 2.45) is 5.73 Å². The number of nitrogens with two attached hydrogens (primary N) is 1. The monoisotopic (exact) mass is 284 g/mol. The van der Waals surface area contributed by atoms with E-state index in [2.05, 4.69) is 0 Å². The Labute approximate surface area is 122 Å². The second kappa shape index (κ2) is 6.19. The fourth-order valence-electron chi connectivity index (χ4n) is 1.97. The number of hydrogen-bond donors (Lipinski definition) is 2. The molecule has 3 N–H and O–H groups in total. The third kappa shape index (κ3) is 3.27. The van der Waals surface area contributed by atoms with E-state index in [4.69, 9.17) is 10.8 Å². The molecule has 0 unspecified atom stereocenters. The van der Waals surface area contributed by atoms with Crippen LogP contribution in [-0.2, 0) is 4.79 Å². The van der Waals surface area contributed by atoms with E-state index in [1.807, 2.05) is 18.2 Å². The SMILES string of the molecule is CN(C(=O)[C@@H](N)c1ccccc1)c1ccc(C(=O)O)cc1. The van der Waals surface area contributed by atoms with Crippen LogP contribution in [0.2, 0.25) is 0 Å². The molecule has 2 aromatic rings. The normalized spacial score (nSPS) is 11.7. The zero-order chi connectivity index (χ0) is 15.4. The van der Waals surface area contributed by atoms with Gasteiger partial charge in [-0.15, -0.1) is 0 Å². The predicted molar refractivity (Wildman–Crippen MR) is 80.2 cm³/mol. The highest BCUT2D eigenvalue weighted by atomic mass is 16.4. The van der Waals surface area contributed by atoms with Crippen molar-refractivity contribution in [2.45, 2.75) is 6.04 Å². The Bertz CT molecular complexity index is 638. The first kappa shape index (κ1) is 14.7. The van der Waals surface area contributed by atoms with Crippen molar-refractivity contribution in [1.29, 1.82) is 0 Å². The molecule has 108 valence electrons. The van der Waals surface area contributed by atoms with Crippen LogP contribution in [0.1, 0.15) is 22.0 Å². The first-order valence-electron chi connectivity index (χ1n) is 6.42. The molecule has 5 nitrogen and oxygen atoms in total. The summed E-state index contributed by atoms with van der Waals surface area (Å²) < 4.78 is 0. The molecule has 0 bridgehead atoms. The topological polar surface area (TPSA) is 83.6 Å². The van der Waals surface area contributed by atoms with Gasteiger partial charge in [-0.25, -0.2) is 4.79 Å². The van der Waals surface area contributed by atoms with Crippen molar-refractivity contribution < 1.29 is 14.7 Å². The Hall–Kier alpha value is -2.66. The standard InChI is InChI=1S/C16H16N2O3/c1-18(13-9-7-12(8-10-13)16(20)21)15(19)14(17)11-5-3-2-4-6-11/h2-10,14H,17H2,1H3,(H,20,21)/t14-/m0/s1. The van der Waals surface area contributed by atoms with Gasteiger partial charge in [0.1, 0.15) is 6.04 Å². The quantitative estimate of drug-likeness (QED) is 0.900. The van der Waals surface area contributed by atoms with Crippen molar-refractivity contribution in [3.8, 4) is 0 Å². The van der Waals surface area contributed by atoms with Crippen molar-refractivity contribution in [2.75, 3.05) is 11.9 Å². The summed E-state index contributed by atoms with van der Waals surface area (Å²) in [7, 11) is 1.61. The summed E-state index contributed by atoms with van der Waals surface area (Å²) in [6.45, 7) is 0. The molecule has 21 heavy (non-hydrogen) atoms. The molecule has 0 aromatic heterocycles. The molecule has 1 amide bonds. The van der Waals surface area contributed by atoms with Gasteiger partial charge in [0.15, 0.2) is 0 Å². The lowest BCUT2D eigenvalue weighted by molar-refractivity contribution is -0.119. The lowest BCUT2D eigenvalue weighted by atomic mass is 10.1. The molecular formula is C16H16N2O3. The van der Waals surface area contributed by atoms with Crippen LogP contribution in [0, 0.1) is 0 Å². The maximum Gasteiger partial charge on any atom is 0.335 e. The highest BCUT2D eigenvalue weighted by Gasteiger charge is 2.20. The Morgan fingerprint density at radius 2 is 1.62 bits per heavy atom. The van der Waals surface area contributed by atoms with Gasteiger partial charge in [-0.05, 0) is 29.8 Å². The van der Waals surface area contributed by atoms with Gasteiger partial charge in [-0.2, -0.15) is 0 Å². The maximum absolute atomic E-state index is 12.3. The number of amides is 1. The van der Waals surface area contributed by atoms with Crippen LogP contribution < -0.4 is 10.6 Å². The minimum Gasteiger partial charge on any atom is -0.478 e. The Morgan fingerprint density at radius 1 is 1.05 bits per heavy atom. The van der Waals surface area contributed by atoms with E-state index in [0.717, 1.165) is 5.56 Å². The molecule has 2 rings (SSSR count). The number of carbonyl (C=O) groups is 2. The molecule has 0 heterocycles. The van der Waals surface area contributed by atoms with Crippen LogP contribution in [0.3, 0.4) is 0 Å². The van der Waals surface area contributed by atoms with E-state index < -0.39 is 12.0 Å². The number of carbonyl (C=O) groups excluding carboxylic acids is 1. The van der Waals surface area contributed by atoms with E-state index in [9.17, 15) is 9.59 Å². The first-order valence-corrected chi connectivity index (χ1v) is 6.42. The smallest absolute Gasteiger partial charge is 0.335 e. The van der Waals surface area contributed by atoms with Crippen LogP contribution in [-0.4, -0.2) is 24.0 Å². The maximum atomic E-state index is 12.3. The van der Waals surface area contributed by atoms with Gasteiger partial charge in [0, 0.05) is 12.7 Å². The molecule has 0 aliphatic heterocycles. The zero-order valence-electron chi connectivity index (χ0n) is 11.6. The van der Waals surface area contributed by atoms with Gasteiger partial charge in [-0.3, -0.25) is 4.79 Å². The minimum atomic E-state index is -1.00. The molecule has 0 fully saturated rings. The Morgan fingerprint density at radius 3 is 2.14 bits per heavy atom. The Kier molecular flexibility index (Phi) is 4.35. The lowest BCUT2D eigenvalue weighted by Gasteiger charge is -2.21. The van der Waals surface area contributed by atoms with Gasteiger partial charge in [0.2, 0.25) is 5.91 Å². The summed E-state index contributed by atoms with van der Waals surface area (Å²) >= 11 is 0. The first-order chi connectivity index (χ1) is 10.0. The van der Waals surface area contributed by atoms with Crippen molar-refractivity contribution in [1.82, 2.24) is 0 Å². The fraction of sp³-hybridized carbons (Fsp3) is 0.125. The molecule has 0 spiro atoms.